The molecular weight excluding hydrogens is 248 g/mol. The molecule has 96 valence electrons. The molecule has 2 aromatic rings. The molecule has 0 unspecified atom stereocenters. The maximum atomic E-state index is 11.0. The number of aliphatic carboxylic acids is 1. The lowest BCUT2D eigenvalue weighted by Gasteiger charge is -2.34. The van der Waals surface area contributed by atoms with E-state index in [2.05, 4.69) is 4.98 Å². The van der Waals surface area contributed by atoms with Gasteiger partial charge < -0.3 is 10.0 Å². The van der Waals surface area contributed by atoms with Gasteiger partial charge in [-0.1, -0.05) is 23.5 Å². The summed E-state index contributed by atoms with van der Waals surface area (Å²) < 4.78 is 1.08. The first kappa shape index (κ1) is 12.8. The largest absolute Gasteiger partial charge is 0.480 e. The number of aromatic nitrogens is 1. The molecule has 0 radical (unpaired) electrons. The second-order valence-electron chi connectivity index (χ2n) is 5.11. The molecule has 1 aromatic carbocycles. The summed E-state index contributed by atoms with van der Waals surface area (Å²) in [5, 5.41) is 9.77. The Balaban J connectivity index is 2.44. The van der Waals surface area contributed by atoms with E-state index < -0.39 is 5.97 Å². The topological polar surface area (TPSA) is 53.4 Å². The van der Waals surface area contributed by atoms with Crippen LogP contribution in [0.15, 0.2) is 24.3 Å². The molecule has 5 heteroatoms. The fraction of sp³-hybridized carbons (Fsp3) is 0.385. The number of rotatable bonds is 3. The van der Waals surface area contributed by atoms with E-state index in [4.69, 9.17) is 5.11 Å². The van der Waals surface area contributed by atoms with E-state index in [0.29, 0.717) is 0 Å². The van der Waals surface area contributed by atoms with Gasteiger partial charge in [0.2, 0.25) is 0 Å². The van der Waals surface area contributed by atoms with Crippen molar-refractivity contribution in [1.82, 2.24) is 4.98 Å². The minimum atomic E-state index is -0.843. The molecule has 4 nitrogen and oxygen atoms in total. The Morgan fingerprint density at radius 3 is 2.61 bits per heavy atom. The van der Waals surface area contributed by atoms with E-state index in [0.717, 1.165) is 15.3 Å². The zero-order valence-electron chi connectivity index (χ0n) is 10.7. The average molecular weight is 264 g/mol. The minimum absolute atomic E-state index is 0.0384. The Labute approximate surface area is 110 Å². The lowest BCUT2D eigenvalue weighted by Crippen LogP contribution is -2.44. The van der Waals surface area contributed by atoms with Crippen LogP contribution in [0.3, 0.4) is 0 Å². The fourth-order valence-electron chi connectivity index (χ4n) is 1.70. The number of para-hydroxylation sites is 1. The number of carboxylic acids is 1. The summed E-state index contributed by atoms with van der Waals surface area (Å²) in [7, 11) is 0. The van der Waals surface area contributed by atoms with Gasteiger partial charge in [-0.05, 0) is 32.9 Å². The third-order valence-electron chi connectivity index (χ3n) is 2.62. The number of hydrogen-bond acceptors (Lipinski definition) is 4. The molecule has 1 N–H and O–H groups in total. The van der Waals surface area contributed by atoms with Crippen LogP contribution < -0.4 is 4.90 Å². The van der Waals surface area contributed by atoms with Crippen molar-refractivity contribution in [3.05, 3.63) is 24.3 Å². The van der Waals surface area contributed by atoms with E-state index in [-0.39, 0.29) is 12.1 Å². The lowest BCUT2D eigenvalue weighted by atomic mass is 10.1. The van der Waals surface area contributed by atoms with Gasteiger partial charge in [0.15, 0.2) is 5.13 Å². The molecule has 0 spiro atoms. The number of carboxylic acid groups (broad SMARTS) is 1. The van der Waals surface area contributed by atoms with E-state index in [1.165, 1.54) is 11.3 Å². The molecule has 0 aliphatic carbocycles. The van der Waals surface area contributed by atoms with Crippen LogP contribution in [0.5, 0.6) is 0 Å². The van der Waals surface area contributed by atoms with Crippen molar-refractivity contribution in [2.45, 2.75) is 26.3 Å². The summed E-state index contributed by atoms with van der Waals surface area (Å²) in [5.41, 5.74) is 0.642. The van der Waals surface area contributed by atoms with Crippen molar-refractivity contribution in [2.24, 2.45) is 0 Å². The Hall–Kier alpha value is -1.62. The zero-order chi connectivity index (χ0) is 13.3. The van der Waals surface area contributed by atoms with Crippen LogP contribution in [0.2, 0.25) is 0 Å². The number of hydrogen-bond donors (Lipinski definition) is 1. The highest BCUT2D eigenvalue weighted by atomic mass is 32.1. The summed E-state index contributed by atoms with van der Waals surface area (Å²) in [5.74, 6) is -0.843. The van der Waals surface area contributed by atoms with Gasteiger partial charge in [-0.2, -0.15) is 0 Å². The number of carbonyl (C=O) groups is 1. The van der Waals surface area contributed by atoms with Crippen molar-refractivity contribution in [3.8, 4) is 0 Å². The van der Waals surface area contributed by atoms with E-state index in [9.17, 15) is 4.79 Å². The first-order chi connectivity index (χ1) is 8.38. The Morgan fingerprint density at radius 1 is 1.39 bits per heavy atom. The second kappa shape index (κ2) is 4.57. The van der Waals surface area contributed by atoms with Gasteiger partial charge >= 0.3 is 5.97 Å². The Morgan fingerprint density at radius 2 is 2.06 bits per heavy atom. The number of nitrogens with zero attached hydrogens (tertiary/aromatic N) is 2. The van der Waals surface area contributed by atoms with Gasteiger partial charge in [-0.25, -0.2) is 4.98 Å². The minimum Gasteiger partial charge on any atom is -0.480 e. The van der Waals surface area contributed by atoms with Crippen LogP contribution in [-0.2, 0) is 4.79 Å². The van der Waals surface area contributed by atoms with E-state index >= 15 is 0 Å². The molecule has 0 saturated carbocycles. The van der Waals surface area contributed by atoms with Crippen LogP contribution >= 0.6 is 11.3 Å². The molecule has 1 heterocycles. The number of thiazole rings is 1. The molecular formula is C13H16N2O2S. The Bertz CT molecular complexity index is 539. The standard InChI is InChI=1S/C13H16N2O2S/c1-13(2,3)15(8-11(16)17)12-14-9-6-4-5-7-10(9)18-12/h4-7H,8H2,1-3H3,(H,16,17). The fourth-order valence-corrected chi connectivity index (χ4v) is 2.86. The molecule has 0 atom stereocenters. The molecule has 2 rings (SSSR count). The highest BCUT2D eigenvalue weighted by molar-refractivity contribution is 7.22. The summed E-state index contributed by atoms with van der Waals surface area (Å²) in [6, 6.07) is 7.84. The van der Waals surface area contributed by atoms with E-state index in [1.807, 2.05) is 49.9 Å². The van der Waals surface area contributed by atoms with Gasteiger partial charge in [-0.3, -0.25) is 4.79 Å². The van der Waals surface area contributed by atoms with Gasteiger partial charge in [0.05, 0.1) is 10.2 Å². The first-order valence-electron chi connectivity index (χ1n) is 5.73. The average Bonchev–Trinajstić information content (AvgIpc) is 2.67. The smallest absolute Gasteiger partial charge is 0.323 e. The Kier molecular flexibility index (Phi) is 3.26. The van der Waals surface area contributed by atoms with Crippen molar-refractivity contribution in [1.29, 1.82) is 0 Å². The van der Waals surface area contributed by atoms with Gasteiger partial charge in [0.1, 0.15) is 6.54 Å². The number of anilines is 1. The van der Waals surface area contributed by atoms with Crippen molar-refractivity contribution in [3.63, 3.8) is 0 Å². The maximum Gasteiger partial charge on any atom is 0.323 e. The molecule has 0 saturated heterocycles. The maximum absolute atomic E-state index is 11.0. The summed E-state index contributed by atoms with van der Waals surface area (Å²) >= 11 is 1.53. The second-order valence-corrected chi connectivity index (χ2v) is 6.12. The molecule has 1 aromatic heterocycles. The summed E-state index contributed by atoms with van der Waals surface area (Å²) in [6.07, 6.45) is 0. The van der Waals surface area contributed by atoms with Crippen LogP contribution in [-0.4, -0.2) is 28.1 Å². The third kappa shape index (κ3) is 2.61. The first-order valence-corrected chi connectivity index (χ1v) is 6.54. The predicted molar refractivity (Wildman–Crippen MR) is 74.4 cm³/mol. The summed E-state index contributed by atoms with van der Waals surface area (Å²) in [6.45, 7) is 5.93. The number of benzene rings is 1. The van der Waals surface area contributed by atoms with E-state index in [1.54, 1.807) is 0 Å². The van der Waals surface area contributed by atoms with Crippen molar-refractivity contribution < 1.29 is 9.90 Å². The lowest BCUT2D eigenvalue weighted by molar-refractivity contribution is -0.135. The molecule has 0 amide bonds. The molecule has 18 heavy (non-hydrogen) atoms. The highest BCUT2D eigenvalue weighted by Crippen LogP contribution is 2.32. The third-order valence-corrected chi connectivity index (χ3v) is 3.68. The zero-order valence-corrected chi connectivity index (χ0v) is 11.5. The van der Waals surface area contributed by atoms with Crippen LogP contribution in [0, 0.1) is 0 Å². The molecule has 0 fully saturated rings. The number of fused-ring (bicyclic) bond motifs is 1. The van der Waals surface area contributed by atoms with Crippen LogP contribution in [0.4, 0.5) is 5.13 Å². The monoisotopic (exact) mass is 264 g/mol. The molecule has 0 aliphatic rings. The molecule has 0 bridgehead atoms. The normalized spacial score (nSPS) is 11.7. The highest BCUT2D eigenvalue weighted by Gasteiger charge is 2.26. The molecule has 0 aliphatic heterocycles. The van der Waals surface area contributed by atoms with Crippen molar-refractivity contribution >= 4 is 32.7 Å². The summed E-state index contributed by atoms with van der Waals surface area (Å²) in [4.78, 5) is 17.3. The van der Waals surface area contributed by atoms with Crippen molar-refractivity contribution in [2.75, 3.05) is 11.4 Å². The van der Waals surface area contributed by atoms with Crippen LogP contribution in [0.25, 0.3) is 10.2 Å². The SMILES string of the molecule is CC(C)(C)N(CC(=O)O)c1nc2ccccc2s1. The quantitative estimate of drug-likeness (QED) is 0.926. The van der Waals surface area contributed by atoms with Gasteiger partial charge in [0.25, 0.3) is 0 Å². The van der Waals surface area contributed by atoms with Gasteiger partial charge in [0, 0.05) is 5.54 Å². The van der Waals surface area contributed by atoms with Gasteiger partial charge in [-0.15, -0.1) is 0 Å². The predicted octanol–water partition coefficient (Wildman–Crippen LogP) is 2.99. The van der Waals surface area contributed by atoms with Crippen LogP contribution in [0.1, 0.15) is 20.8 Å².